The topological polar surface area (TPSA) is 86.8 Å². The molecule has 0 aromatic heterocycles. The number of thioether (sulfide) groups is 1. The summed E-state index contributed by atoms with van der Waals surface area (Å²) in [4.78, 5) is 29.3. The lowest BCUT2D eigenvalue weighted by atomic mass is 10.1. The molecule has 3 aliphatic rings. The van der Waals surface area contributed by atoms with Gasteiger partial charge in [0.1, 0.15) is 0 Å². The van der Waals surface area contributed by atoms with Crippen molar-refractivity contribution < 1.29 is 33.3 Å². The molecule has 0 saturated carbocycles. The fourth-order valence-corrected chi connectivity index (χ4v) is 5.21. The maximum Gasteiger partial charge on any atom is 0.270 e. The van der Waals surface area contributed by atoms with Crippen molar-refractivity contribution in [1.82, 2.24) is 4.90 Å². The van der Waals surface area contributed by atoms with Gasteiger partial charge in [0, 0.05) is 19.2 Å². The molecular weight excluding hydrogens is 504 g/mol. The van der Waals surface area contributed by atoms with E-state index in [1.807, 2.05) is 13.0 Å². The van der Waals surface area contributed by atoms with Gasteiger partial charge in [-0.15, -0.1) is 0 Å². The molecule has 11 heteroatoms. The van der Waals surface area contributed by atoms with E-state index in [1.165, 1.54) is 16.7 Å². The fraction of sp³-hybridized carbons (Fsp3) is 0.320. The average molecular weight is 529 g/mol. The molecule has 0 aliphatic carbocycles. The number of nitrogens with zero attached hydrogens (tertiary/aromatic N) is 2. The molecule has 2 amide bonds. The number of benzene rings is 2. The highest BCUT2D eigenvalue weighted by molar-refractivity contribution is 8.27. The van der Waals surface area contributed by atoms with Crippen LogP contribution in [0.5, 0.6) is 23.0 Å². The number of morpholine rings is 1. The first kappa shape index (κ1) is 24.4. The van der Waals surface area contributed by atoms with Crippen LogP contribution in [0.25, 0.3) is 6.08 Å². The van der Waals surface area contributed by atoms with Crippen molar-refractivity contribution in [3.8, 4) is 23.0 Å². The second kappa shape index (κ2) is 10.8. The van der Waals surface area contributed by atoms with Crippen LogP contribution in [-0.2, 0) is 14.3 Å². The predicted molar refractivity (Wildman–Crippen MR) is 139 cm³/mol. The smallest absolute Gasteiger partial charge is 0.270 e. The van der Waals surface area contributed by atoms with Gasteiger partial charge in [-0.1, -0.05) is 30.0 Å². The Kier molecular flexibility index (Phi) is 7.30. The lowest BCUT2D eigenvalue weighted by molar-refractivity contribution is -0.137. The zero-order valence-electron chi connectivity index (χ0n) is 19.6. The van der Waals surface area contributed by atoms with E-state index in [-0.39, 0.29) is 25.2 Å². The van der Waals surface area contributed by atoms with E-state index in [1.54, 1.807) is 41.3 Å². The first-order valence-electron chi connectivity index (χ1n) is 11.5. The Balaban J connectivity index is 1.31. The highest BCUT2D eigenvalue weighted by Crippen LogP contribution is 2.41. The first-order chi connectivity index (χ1) is 17.5. The van der Waals surface area contributed by atoms with Crippen LogP contribution in [0, 0.1) is 0 Å². The molecular formula is C25H24N2O7S2. The second-order valence-electron chi connectivity index (χ2n) is 7.98. The summed E-state index contributed by atoms with van der Waals surface area (Å²) in [7, 11) is 0. The molecule has 2 aromatic rings. The maximum atomic E-state index is 13.2. The number of anilines is 1. The molecule has 0 bridgehead atoms. The highest BCUT2D eigenvalue weighted by Gasteiger charge is 2.34. The van der Waals surface area contributed by atoms with E-state index in [4.69, 9.17) is 35.9 Å². The number of fused-ring (bicyclic) bond motifs is 1. The summed E-state index contributed by atoms with van der Waals surface area (Å²) in [6, 6.07) is 10.6. The Morgan fingerprint density at radius 2 is 1.89 bits per heavy atom. The van der Waals surface area contributed by atoms with E-state index >= 15 is 0 Å². The molecule has 3 heterocycles. The summed E-state index contributed by atoms with van der Waals surface area (Å²) in [5.41, 5.74) is 1.37. The molecule has 188 valence electrons. The van der Waals surface area contributed by atoms with Crippen LogP contribution < -0.4 is 23.8 Å². The number of hydrogen-bond acceptors (Lipinski definition) is 9. The molecule has 3 aliphatic heterocycles. The molecule has 5 rings (SSSR count). The van der Waals surface area contributed by atoms with Crippen molar-refractivity contribution in [3.63, 3.8) is 0 Å². The quantitative estimate of drug-likeness (QED) is 0.396. The van der Waals surface area contributed by atoms with Crippen molar-refractivity contribution in [2.24, 2.45) is 0 Å². The molecule has 0 spiro atoms. The highest BCUT2D eigenvalue weighted by atomic mass is 32.2. The summed E-state index contributed by atoms with van der Waals surface area (Å²) in [5.74, 6) is 1.85. The Labute approximate surface area is 217 Å². The molecule has 36 heavy (non-hydrogen) atoms. The van der Waals surface area contributed by atoms with Gasteiger partial charge in [0.2, 0.25) is 6.79 Å². The van der Waals surface area contributed by atoms with Crippen LogP contribution in [0.4, 0.5) is 5.69 Å². The molecule has 0 N–H and O–H groups in total. The van der Waals surface area contributed by atoms with Crippen molar-refractivity contribution >= 4 is 51.9 Å². The lowest BCUT2D eigenvalue weighted by Crippen LogP contribution is -2.43. The van der Waals surface area contributed by atoms with Gasteiger partial charge in [-0.3, -0.25) is 14.5 Å². The van der Waals surface area contributed by atoms with Gasteiger partial charge in [-0.05, 0) is 42.8 Å². The number of hydrogen-bond donors (Lipinski definition) is 0. The van der Waals surface area contributed by atoms with Gasteiger partial charge >= 0.3 is 0 Å². The third-order valence-corrected chi connectivity index (χ3v) is 6.99. The summed E-state index contributed by atoms with van der Waals surface area (Å²) in [6.07, 6.45) is 1.76. The third kappa shape index (κ3) is 5.13. The minimum Gasteiger partial charge on any atom is -0.490 e. The minimum absolute atomic E-state index is 0.0897. The van der Waals surface area contributed by atoms with Gasteiger partial charge in [-0.25, -0.2) is 0 Å². The standard InChI is InChI=1S/C25H24N2O7S2/c1-2-31-20-11-16(3-5-18(20)32-14-23(28)26-7-9-30-10-8-26)12-22-24(29)27(25(35)36-22)17-4-6-19-21(13-17)34-15-33-19/h3-6,11-13H,2,7-10,14-15H2,1H3/b22-12-. The molecule has 0 unspecified atom stereocenters. The number of carbonyl (C=O) groups is 2. The van der Waals surface area contributed by atoms with E-state index < -0.39 is 0 Å². The summed E-state index contributed by atoms with van der Waals surface area (Å²) < 4.78 is 28.0. The van der Waals surface area contributed by atoms with Crippen LogP contribution in [0.1, 0.15) is 12.5 Å². The second-order valence-corrected chi connectivity index (χ2v) is 9.65. The van der Waals surface area contributed by atoms with E-state index in [9.17, 15) is 9.59 Å². The van der Waals surface area contributed by atoms with E-state index in [0.717, 1.165) is 5.56 Å². The van der Waals surface area contributed by atoms with Crippen molar-refractivity contribution in [2.75, 3.05) is 51.2 Å². The van der Waals surface area contributed by atoms with Crippen LogP contribution in [0.15, 0.2) is 41.3 Å². The number of amides is 2. The maximum absolute atomic E-state index is 13.2. The number of ether oxygens (including phenoxy) is 5. The Hall–Kier alpha value is -3.28. The van der Waals surface area contributed by atoms with Crippen LogP contribution in [0.2, 0.25) is 0 Å². The molecule has 2 saturated heterocycles. The Morgan fingerprint density at radius 3 is 2.69 bits per heavy atom. The van der Waals surface area contributed by atoms with Crippen LogP contribution in [0.3, 0.4) is 0 Å². The zero-order valence-corrected chi connectivity index (χ0v) is 21.2. The minimum atomic E-state index is -0.224. The average Bonchev–Trinajstić information content (AvgIpc) is 3.47. The van der Waals surface area contributed by atoms with Crippen LogP contribution >= 0.6 is 24.0 Å². The number of rotatable bonds is 7. The van der Waals surface area contributed by atoms with Crippen molar-refractivity contribution in [1.29, 1.82) is 0 Å². The Bertz CT molecular complexity index is 1230. The molecule has 2 aromatic carbocycles. The predicted octanol–water partition coefficient (Wildman–Crippen LogP) is 3.46. The van der Waals surface area contributed by atoms with Crippen LogP contribution in [-0.4, -0.2) is 67.3 Å². The van der Waals surface area contributed by atoms with Gasteiger partial charge in [0.05, 0.1) is 30.4 Å². The summed E-state index contributed by atoms with van der Waals surface area (Å²) >= 11 is 6.71. The largest absolute Gasteiger partial charge is 0.490 e. The number of carbonyl (C=O) groups excluding carboxylic acids is 2. The lowest BCUT2D eigenvalue weighted by Gasteiger charge is -2.26. The van der Waals surface area contributed by atoms with Gasteiger partial charge in [0.15, 0.2) is 33.9 Å². The molecule has 2 fully saturated rings. The SMILES string of the molecule is CCOc1cc(/C=C2\SC(=S)N(c3ccc4c(c3)OCO4)C2=O)ccc1OCC(=O)N1CCOCC1. The molecule has 9 nitrogen and oxygen atoms in total. The fourth-order valence-electron chi connectivity index (χ4n) is 3.91. The summed E-state index contributed by atoms with van der Waals surface area (Å²) in [5, 5.41) is 0. The van der Waals surface area contributed by atoms with E-state index in [0.29, 0.717) is 70.8 Å². The molecule has 0 atom stereocenters. The van der Waals surface area contributed by atoms with E-state index in [2.05, 4.69) is 0 Å². The van der Waals surface area contributed by atoms with Crippen molar-refractivity contribution in [2.45, 2.75) is 6.92 Å². The Morgan fingerprint density at radius 1 is 1.08 bits per heavy atom. The zero-order chi connectivity index (χ0) is 25.1. The molecule has 0 radical (unpaired) electrons. The summed E-state index contributed by atoms with van der Waals surface area (Å²) in [6.45, 7) is 4.54. The third-order valence-electron chi connectivity index (χ3n) is 5.69. The van der Waals surface area contributed by atoms with Gasteiger partial charge in [0.25, 0.3) is 11.8 Å². The number of thiocarbonyl (C=S) groups is 1. The van der Waals surface area contributed by atoms with Crippen molar-refractivity contribution in [3.05, 3.63) is 46.9 Å². The normalized spacial score (nSPS) is 18.2. The van der Waals surface area contributed by atoms with Gasteiger partial charge in [-0.2, -0.15) is 0 Å². The monoisotopic (exact) mass is 528 g/mol. The van der Waals surface area contributed by atoms with Gasteiger partial charge < -0.3 is 28.6 Å². The first-order valence-corrected chi connectivity index (χ1v) is 12.7.